The first-order valence-electron chi connectivity index (χ1n) is 8.65. The first-order valence-corrected chi connectivity index (χ1v) is 8.65. The highest BCUT2D eigenvalue weighted by Crippen LogP contribution is 2.21. The van der Waals surface area contributed by atoms with Crippen molar-refractivity contribution in [1.29, 1.82) is 0 Å². The van der Waals surface area contributed by atoms with Crippen LogP contribution in [0.5, 0.6) is 0 Å². The van der Waals surface area contributed by atoms with Crippen LogP contribution in [-0.2, 0) is 9.47 Å². The Balaban J connectivity index is 1.70. The lowest BCUT2D eigenvalue weighted by Gasteiger charge is -2.34. The number of carbonyl (C=O) groups excluding carboxylic acids is 1. The van der Waals surface area contributed by atoms with E-state index in [1.54, 1.807) is 0 Å². The minimum absolute atomic E-state index is 0.171. The molecule has 5 heteroatoms. The molecule has 3 atom stereocenters. The van der Waals surface area contributed by atoms with E-state index in [1.165, 1.54) is 6.42 Å². The Morgan fingerprint density at radius 1 is 1.32 bits per heavy atom. The third-order valence-corrected chi connectivity index (χ3v) is 4.54. The van der Waals surface area contributed by atoms with Crippen molar-refractivity contribution >= 4 is 6.09 Å². The third kappa shape index (κ3) is 5.43. The normalized spacial score (nSPS) is 29.6. The van der Waals surface area contributed by atoms with Crippen molar-refractivity contribution in [2.24, 2.45) is 11.8 Å². The van der Waals surface area contributed by atoms with E-state index in [4.69, 9.17) is 9.47 Å². The summed E-state index contributed by atoms with van der Waals surface area (Å²) in [4.78, 5) is 14.0. The number of rotatable bonds is 4. The predicted molar refractivity (Wildman–Crippen MR) is 86.9 cm³/mol. The lowest BCUT2D eigenvalue weighted by molar-refractivity contribution is 0.0166. The van der Waals surface area contributed by atoms with Crippen molar-refractivity contribution in [2.75, 3.05) is 32.8 Å². The van der Waals surface area contributed by atoms with Gasteiger partial charge in [0, 0.05) is 26.2 Å². The Morgan fingerprint density at radius 3 is 2.73 bits per heavy atom. The zero-order valence-corrected chi connectivity index (χ0v) is 14.6. The van der Waals surface area contributed by atoms with E-state index in [9.17, 15) is 4.79 Å². The van der Waals surface area contributed by atoms with Crippen molar-refractivity contribution in [2.45, 2.75) is 58.7 Å². The molecule has 0 saturated carbocycles. The molecule has 2 saturated heterocycles. The topological polar surface area (TPSA) is 50.8 Å². The Kier molecular flexibility index (Phi) is 6.09. The smallest absolute Gasteiger partial charge is 0.410 e. The van der Waals surface area contributed by atoms with Crippen LogP contribution in [0.1, 0.15) is 47.0 Å². The summed E-state index contributed by atoms with van der Waals surface area (Å²) in [6, 6.07) is 0. The van der Waals surface area contributed by atoms with Crippen LogP contribution in [0.2, 0.25) is 0 Å². The van der Waals surface area contributed by atoms with Gasteiger partial charge in [0.15, 0.2) is 0 Å². The Hall–Kier alpha value is -0.810. The van der Waals surface area contributed by atoms with Crippen LogP contribution in [-0.4, -0.2) is 55.5 Å². The van der Waals surface area contributed by atoms with Crippen molar-refractivity contribution in [1.82, 2.24) is 10.2 Å². The summed E-state index contributed by atoms with van der Waals surface area (Å²) in [5, 5.41) is 3.58. The van der Waals surface area contributed by atoms with Gasteiger partial charge in [0.2, 0.25) is 0 Å². The van der Waals surface area contributed by atoms with Crippen LogP contribution in [0.4, 0.5) is 4.79 Å². The predicted octanol–water partition coefficient (Wildman–Crippen LogP) is 2.65. The molecule has 3 unspecified atom stereocenters. The molecule has 0 spiro atoms. The van der Waals surface area contributed by atoms with Crippen LogP contribution in [0.15, 0.2) is 0 Å². The van der Waals surface area contributed by atoms with E-state index in [0.29, 0.717) is 17.9 Å². The summed E-state index contributed by atoms with van der Waals surface area (Å²) in [6.07, 6.45) is 3.60. The van der Waals surface area contributed by atoms with E-state index in [2.05, 4.69) is 12.2 Å². The molecule has 1 amide bonds. The van der Waals surface area contributed by atoms with Gasteiger partial charge in [0.05, 0.1) is 6.10 Å². The standard InChI is InChI=1S/C17H32N2O3/c1-13-15(7-9-21-13)11-18-10-14-6-5-8-19(12-14)16(20)22-17(2,3)4/h13-15,18H,5-12H2,1-4H3. The number of likely N-dealkylation sites (tertiary alicyclic amines) is 1. The summed E-state index contributed by atoms with van der Waals surface area (Å²) >= 11 is 0. The molecule has 2 rings (SSSR count). The minimum atomic E-state index is -0.416. The molecule has 0 radical (unpaired) electrons. The van der Waals surface area contributed by atoms with Gasteiger partial charge in [-0.1, -0.05) is 0 Å². The number of ether oxygens (including phenoxy) is 2. The van der Waals surface area contributed by atoms with Gasteiger partial charge in [-0.25, -0.2) is 4.79 Å². The van der Waals surface area contributed by atoms with E-state index >= 15 is 0 Å². The van der Waals surface area contributed by atoms with Crippen molar-refractivity contribution in [3.05, 3.63) is 0 Å². The molecule has 2 heterocycles. The molecule has 2 aliphatic heterocycles. The summed E-state index contributed by atoms with van der Waals surface area (Å²) in [6.45, 7) is 12.4. The molecule has 1 N–H and O–H groups in total. The van der Waals surface area contributed by atoms with E-state index in [1.807, 2.05) is 25.7 Å². The van der Waals surface area contributed by atoms with Crippen LogP contribution in [0.3, 0.4) is 0 Å². The summed E-state index contributed by atoms with van der Waals surface area (Å²) in [5.41, 5.74) is -0.416. The lowest BCUT2D eigenvalue weighted by atomic mass is 9.97. The van der Waals surface area contributed by atoms with Crippen molar-refractivity contribution in [3.63, 3.8) is 0 Å². The molecule has 22 heavy (non-hydrogen) atoms. The van der Waals surface area contributed by atoms with Crippen molar-refractivity contribution in [3.8, 4) is 0 Å². The van der Waals surface area contributed by atoms with Crippen LogP contribution >= 0.6 is 0 Å². The average molecular weight is 312 g/mol. The zero-order valence-electron chi connectivity index (χ0n) is 14.6. The van der Waals surface area contributed by atoms with Gasteiger partial charge in [-0.05, 0) is 65.3 Å². The van der Waals surface area contributed by atoms with Gasteiger partial charge < -0.3 is 19.7 Å². The zero-order chi connectivity index (χ0) is 16.2. The summed E-state index contributed by atoms with van der Waals surface area (Å²) < 4.78 is 11.1. The molecule has 0 aromatic heterocycles. The summed E-state index contributed by atoms with van der Waals surface area (Å²) in [5.74, 6) is 1.16. The second kappa shape index (κ2) is 7.64. The minimum Gasteiger partial charge on any atom is -0.444 e. The molecule has 0 bridgehead atoms. The maximum absolute atomic E-state index is 12.2. The highest BCUT2D eigenvalue weighted by atomic mass is 16.6. The van der Waals surface area contributed by atoms with Gasteiger partial charge in [-0.2, -0.15) is 0 Å². The SMILES string of the molecule is CC1OCCC1CNCC1CCCN(C(=O)OC(C)(C)C)C1. The fraction of sp³-hybridized carbons (Fsp3) is 0.941. The molecule has 2 aliphatic rings. The highest BCUT2D eigenvalue weighted by molar-refractivity contribution is 5.68. The Morgan fingerprint density at radius 2 is 2.09 bits per heavy atom. The quantitative estimate of drug-likeness (QED) is 0.867. The number of piperidine rings is 1. The molecule has 2 fully saturated rings. The van der Waals surface area contributed by atoms with Gasteiger partial charge >= 0.3 is 6.09 Å². The molecule has 0 aromatic carbocycles. The molecule has 128 valence electrons. The fourth-order valence-electron chi connectivity index (χ4n) is 3.24. The van der Waals surface area contributed by atoms with E-state index < -0.39 is 5.60 Å². The molecular formula is C17H32N2O3. The average Bonchev–Trinajstić information content (AvgIpc) is 2.83. The molecule has 0 aliphatic carbocycles. The monoisotopic (exact) mass is 312 g/mol. The van der Waals surface area contributed by atoms with Gasteiger partial charge in [0.1, 0.15) is 5.60 Å². The maximum Gasteiger partial charge on any atom is 0.410 e. The van der Waals surface area contributed by atoms with E-state index in [0.717, 1.165) is 45.6 Å². The maximum atomic E-state index is 12.2. The number of hydrogen-bond acceptors (Lipinski definition) is 4. The number of hydrogen-bond donors (Lipinski definition) is 1. The summed E-state index contributed by atoms with van der Waals surface area (Å²) in [7, 11) is 0. The van der Waals surface area contributed by atoms with E-state index in [-0.39, 0.29) is 6.09 Å². The highest BCUT2D eigenvalue weighted by Gasteiger charge is 2.28. The molecular weight excluding hydrogens is 280 g/mol. The van der Waals surface area contributed by atoms with Crippen LogP contribution in [0, 0.1) is 11.8 Å². The van der Waals surface area contributed by atoms with Gasteiger partial charge in [0.25, 0.3) is 0 Å². The van der Waals surface area contributed by atoms with Gasteiger partial charge in [-0.15, -0.1) is 0 Å². The largest absolute Gasteiger partial charge is 0.444 e. The first kappa shape index (κ1) is 17.5. The second-order valence-corrected chi connectivity index (χ2v) is 7.72. The van der Waals surface area contributed by atoms with Crippen LogP contribution < -0.4 is 5.32 Å². The Labute approximate surface area is 134 Å². The third-order valence-electron chi connectivity index (χ3n) is 4.54. The lowest BCUT2D eigenvalue weighted by Crippen LogP contribution is -2.45. The number of amides is 1. The number of nitrogens with zero attached hydrogens (tertiary/aromatic N) is 1. The van der Waals surface area contributed by atoms with Gasteiger partial charge in [-0.3, -0.25) is 0 Å². The molecule has 5 nitrogen and oxygen atoms in total. The first-order chi connectivity index (χ1) is 10.3. The van der Waals surface area contributed by atoms with Crippen molar-refractivity contribution < 1.29 is 14.3 Å². The second-order valence-electron chi connectivity index (χ2n) is 7.72. The van der Waals surface area contributed by atoms with Crippen LogP contribution in [0.25, 0.3) is 0 Å². The fourth-order valence-corrected chi connectivity index (χ4v) is 3.24. The number of nitrogens with one attached hydrogen (secondary N) is 1. The molecule has 0 aromatic rings. The Bertz CT molecular complexity index is 367. The number of carbonyl (C=O) groups is 1.